The topological polar surface area (TPSA) is 57.5 Å². The predicted molar refractivity (Wildman–Crippen MR) is 65.4 cm³/mol. The summed E-state index contributed by atoms with van der Waals surface area (Å²) >= 11 is 0. The van der Waals surface area contributed by atoms with Gasteiger partial charge in [0.05, 0.1) is 12.2 Å². The second kappa shape index (κ2) is 4.07. The summed E-state index contributed by atoms with van der Waals surface area (Å²) in [7, 11) is 0. The van der Waals surface area contributed by atoms with E-state index < -0.39 is 12.2 Å². The average molecular weight is 236 g/mol. The zero-order chi connectivity index (χ0) is 12.8. The summed E-state index contributed by atoms with van der Waals surface area (Å²) in [5.41, 5.74) is 0.973. The van der Waals surface area contributed by atoms with Crippen LogP contribution in [0.15, 0.2) is 23.3 Å². The van der Waals surface area contributed by atoms with Crippen molar-refractivity contribution in [3.8, 4) is 0 Å². The third-order valence-corrected chi connectivity index (χ3v) is 4.35. The first kappa shape index (κ1) is 12.5. The highest BCUT2D eigenvalue weighted by Gasteiger charge is 2.43. The molecule has 2 rings (SSSR count). The van der Waals surface area contributed by atoms with E-state index in [1.807, 2.05) is 13.0 Å². The fourth-order valence-corrected chi connectivity index (χ4v) is 2.93. The van der Waals surface area contributed by atoms with Crippen LogP contribution in [0.3, 0.4) is 0 Å². The maximum atomic E-state index is 11.9. The van der Waals surface area contributed by atoms with Gasteiger partial charge in [0.1, 0.15) is 0 Å². The largest absolute Gasteiger partial charge is 0.389 e. The van der Waals surface area contributed by atoms with Gasteiger partial charge in [-0.15, -0.1) is 0 Å². The molecule has 3 nitrogen and oxygen atoms in total. The quantitative estimate of drug-likeness (QED) is 0.727. The van der Waals surface area contributed by atoms with Gasteiger partial charge in [0.2, 0.25) is 0 Å². The second-order valence-electron chi connectivity index (χ2n) is 5.52. The van der Waals surface area contributed by atoms with Crippen LogP contribution in [0.5, 0.6) is 0 Å². The highest BCUT2D eigenvalue weighted by Crippen LogP contribution is 2.48. The number of rotatable bonds is 1. The number of aliphatic hydroxyl groups excluding tert-OH is 2. The van der Waals surface area contributed by atoms with Crippen LogP contribution >= 0.6 is 0 Å². The first-order valence-corrected chi connectivity index (χ1v) is 6.21. The molecule has 0 bridgehead atoms. The summed E-state index contributed by atoms with van der Waals surface area (Å²) < 4.78 is 0. The molecule has 0 aromatic heterocycles. The van der Waals surface area contributed by atoms with Gasteiger partial charge in [0, 0.05) is 11.0 Å². The third kappa shape index (κ3) is 1.87. The Balaban J connectivity index is 2.48. The van der Waals surface area contributed by atoms with E-state index in [1.165, 1.54) is 6.08 Å². The number of hydrogen-bond acceptors (Lipinski definition) is 3. The molecule has 94 valence electrons. The minimum atomic E-state index is -0.747. The molecule has 0 aliphatic heterocycles. The SMILES string of the molecule is C[C@@H](O)C1=C[C@@]2(C)C(=CC1=O)[C@H](O)CC[C@@H]2C. The molecule has 0 heterocycles. The molecule has 17 heavy (non-hydrogen) atoms. The maximum Gasteiger partial charge on any atom is 0.184 e. The number of carbonyl (C=O) groups is 1. The Morgan fingerprint density at radius 3 is 2.71 bits per heavy atom. The van der Waals surface area contributed by atoms with Crippen LogP contribution in [0.1, 0.15) is 33.6 Å². The third-order valence-electron chi connectivity index (χ3n) is 4.35. The minimum absolute atomic E-state index is 0.166. The van der Waals surface area contributed by atoms with Crippen LogP contribution in [-0.4, -0.2) is 28.2 Å². The maximum absolute atomic E-state index is 11.9. The van der Waals surface area contributed by atoms with Crippen LogP contribution in [0.25, 0.3) is 0 Å². The van der Waals surface area contributed by atoms with Crippen LogP contribution in [0, 0.1) is 11.3 Å². The van der Waals surface area contributed by atoms with Crippen molar-refractivity contribution in [1.82, 2.24) is 0 Å². The summed E-state index contributed by atoms with van der Waals surface area (Å²) in [5.74, 6) is 0.208. The lowest BCUT2D eigenvalue weighted by Crippen LogP contribution is -2.41. The fraction of sp³-hybridized carbons (Fsp3) is 0.643. The number of allylic oxidation sites excluding steroid dienone is 2. The Labute approximate surface area is 102 Å². The van der Waals surface area contributed by atoms with Gasteiger partial charge in [0.25, 0.3) is 0 Å². The smallest absolute Gasteiger partial charge is 0.184 e. The van der Waals surface area contributed by atoms with Gasteiger partial charge >= 0.3 is 0 Å². The molecular weight excluding hydrogens is 216 g/mol. The molecule has 0 aromatic carbocycles. The molecule has 1 fully saturated rings. The van der Waals surface area contributed by atoms with E-state index in [1.54, 1.807) is 6.92 Å². The Bertz CT molecular complexity index is 406. The highest BCUT2D eigenvalue weighted by atomic mass is 16.3. The predicted octanol–water partition coefficient (Wildman–Crippen LogP) is 1.60. The number of aliphatic hydroxyl groups is 2. The van der Waals surface area contributed by atoms with Gasteiger partial charge in [0.15, 0.2) is 5.78 Å². The van der Waals surface area contributed by atoms with Crippen molar-refractivity contribution < 1.29 is 15.0 Å². The van der Waals surface area contributed by atoms with Gasteiger partial charge in [-0.25, -0.2) is 0 Å². The standard InChI is InChI=1S/C14H20O3/c1-8-4-5-12(16)11-6-13(17)10(9(2)15)7-14(8,11)3/h6-9,12,15-16H,4-5H2,1-3H3/t8-,9+,12+,14+/m0/s1. The van der Waals surface area contributed by atoms with E-state index in [0.29, 0.717) is 17.9 Å². The molecule has 1 saturated carbocycles. The lowest BCUT2D eigenvalue weighted by atomic mass is 9.61. The molecule has 3 heteroatoms. The minimum Gasteiger partial charge on any atom is -0.389 e. The lowest BCUT2D eigenvalue weighted by Gasteiger charge is -2.44. The Morgan fingerprint density at radius 1 is 1.47 bits per heavy atom. The van der Waals surface area contributed by atoms with Crippen LogP contribution in [-0.2, 0) is 4.79 Å². The van der Waals surface area contributed by atoms with Crippen molar-refractivity contribution in [2.45, 2.75) is 45.8 Å². The summed E-state index contributed by atoms with van der Waals surface area (Å²) in [6.07, 6.45) is 3.78. The van der Waals surface area contributed by atoms with Gasteiger partial charge in [-0.1, -0.05) is 19.9 Å². The molecule has 0 saturated heterocycles. The lowest BCUT2D eigenvalue weighted by molar-refractivity contribution is -0.112. The summed E-state index contributed by atoms with van der Waals surface area (Å²) in [5, 5.41) is 19.6. The van der Waals surface area contributed by atoms with Crippen molar-refractivity contribution in [3.63, 3.8) is 0 Å². The van der Waals surface area contributed by atoms with Crippen molar-refractivity contribution in [1.29, 1.82) is 0 Å². The van der Waals surface area contributed by atoms with E-state index in [0.717, 1.165) is 12.0 Å². The molecule has 2 aliphatic rings. The zero-order valence-corrected chi connectivity index (χ0v) is 10.6. The Kier molecular flexibility index (Phi) is 3.00. The molecule has 2 N–H and O–H groups in total. The molecule has 2 aliphatic carbocycles. The van der Waals surface area contributed by atoms with E-state index in [9.17, 15) is 15.0 Å². The van der Waals surface area contributed by atoms with E-state index in [-0.39, 0.29) is 11.2 Å². The first-order valence-electron chi connectivity index (χ1n) is 6.21. The van der Waals surface area contributed by atoms with Gasteiger partial charge in [-0.3, -0.25) is 4.79 Å². The van der Waals surface area contributed by atoms with Crippen LogP contribution in [0.4, 0.5) is 0 Å². The van der Waals surface area contributed by atoms with E-state index in [4.69, 9.17) is 0 Å². The number of ketones is 1. The summed E-state index contributed by atoms with van der Waals surface area (Å²) in [6, 6.07) is 0. The Morgan fingerprint density at radius 2 is 2.12 bits per heavy atom. The number of carbonyl (C=O) groups excluding carboxylic acids is 1. The summed E-state index contributed by atoms with van der Waals surface area (Å²) in [4.78, 5) is 11.9. The number of fused-ring (bicyclic) bond motifs is 1. The summed E-state index contributed by atoms with van der Waals surface area (Å²) in [6.45, 7) is 5.78. The van der Waals surface area contributed by atoms with E-state index in [2.05, 4.69) is 6.92 Å². The van der Waals surface area contributed by atoms with Gasteiger partial charge < -0.3 is 10.2 Å². The molecular formula is C14H20O3. The molecule has 0 unspecified atom stereocenters. The molecule has 0 radical (unpaired) electrons. The second-order valence-corrected chi connectivity index (χ2v) is 5.52. The molecule has 0 spiro atoms. The zero-order valence-electron chi connectivity index (χ0n) is 10.6. The monoisotopic (exact) mass is 236 g/mol. The first-order chi connectivity index (χ1) is 7.86. The molecule has 4 atom stereocenters. The van der Waals surface area contributed by atoms with Gasteiger partial charge in [-0.2, -0.15) is 0 Å². The van der Waals surface area contributed by atoms with Crippen molar-refractivity contribution in [3.05, 3.63) is 23.3 Å². The normalized spacial score (nSPS) is 39.2. The Hall–Kier alpha value is -0.930. The highest BCUT2D eigenvalue weighted by molar-refractivity contribution is 6.06. The van der Waals surface area contributed by atoms with E-state index >= 15 is 0 Å². The van der Waals surface area contributed by atoms with Crippen molar-refractivity contribution >= 4 is 5.78 Å². The van der Waals surface area contributed by atoms with Crippen LogP contribution in [0.2, 0.25) is 0 Å². The average Bonchev–Trinajstić information content (AvgIpc) is 2.26. The van der Waals surface area contributed by atoms with Crippen molar-refractivity contribution in [2.75, 3.05) is 0 Å². The number of hydrogen-bond donors (Lipinski definition) is 2. The fourth-order valence-electron chi connectivity index (χ4n) is 2.93. The molecule has 0 amide bonds. The molecule has 0 aromatic rings. The van der Waals surface area contributed by atoms with Gasteiger partial charge in [-0.05, 0) is 37.3 Å². The van der Waals surface area contributed by atoms with Crippen molar-refractivity contribution in [2.24, 2.45) is 11.3 Å². The van der Waals surface area contributed by atoms with Crippen LogP contribution < -0.4 is 0 Å².